The van der Waals surface area contributed by atoms with E-state index in [0.717, 1.165) is 30.5 Å². The first kappa shape index (κ1) is 16.0. The Balaban J connectivity index is 1.68. The summed E-state index contributed by atoms with van der Waals surface area (Å²) in [6, 6.07) is 17.8. The Bertz CT molecular complexity index is 614. The summed E-state index contributed by atoms with van der Waals surface area (Å²) in [6.07, 6.45) is 3.90. The highest BCUT2D eigenvalue weighted by atomic mass is 16.3. The molecule has 0 spiro atoms. The highest BCUT2D eigenvalue weighted by Crippen LogP contribution is 2.26. The van der Waals surface area contributed by atoms with Gasteiger partial charge in [-0.3, -0.25) is 4.90 Å². The zero-order chi connectivity index (χ0) is 16.1. The number of piperidine rings is 1. The van der Waals surface area contributed by atoms with E-state index >= 15 is 0 Å². The lowest BCUT2D eigenvalue weighted by Crippen LogP contribution is -2.43. The van der Waals surface area contributed by atoms with Crippen LogP contribution < -0.4 is 0 Å². The predicted octanol–water partition coefficient (Wildman–Crippen LogP) is 3.52. The van der Waals surface area contributed by atoms with Crippen LogP contribution in [0.25, 0.3) is 0 Å². The van der Waals surface area contributed by atoms with E-state index in [4.69, 9.17) is 0 Å². The lowest BCUT2D eigenvalue weighted by Gasteiger charge is -2.37. The fraction of sp³-hybridized carbons (Fsp3) is 0.400. The van der Waals surface area contributed by atoms with E-state index in [9.17, 15) is 10.2 Å². The summed E-state index contributed by atoms with van der Waals surface area (Å²) in [7, 11) is 0. The maximum Gasteiger partial charge on any atom is 0.118 e. The number of aliphatic hydroxyl groups excluding tert-OH is 1. The highest BCUT2D eigenvalue weighted by molar-refractivity contribution is 5.32. The van der Waals surface area contributed by atoms with Gasteiger partial charge in [-0.05, 0) is 43.0 Å². The lowest BCUT2D eigenvalue weighted by molar-refractivity contribution is 0.0668. The van der Waals surface area contributed by atoms with Crippen molar-refractivity contribution >= 4 is 0 Å². The van der Waals surface area contributed by atoms with Crippen LogP contribution in [0.3, 0.4) is 0 Å². The van der Waals surface area contributed by atoms with Crippen LogP contribution in [0.1, 0.15) is 36.5 Å². The van der Waals surface area contributed by atoms with Crippen molar-refractivity contribution in [3.8, 4) is 5.75 Å². The number of phenols is 1. The van der Waals surface area contributed by atoms with Gasteiger partial charge >= 0.3 is 0 Å². The Morgan fingerprint density at radius 1 is 1.00 bits per heavy atom. The SMILES string of the molecule is Oc1ccccc1CC1CCCCN1CC(O)c1ccccc1. The quantitative estimate of drug-likeness (QED) is 0.888. The molecule has 2 aromatic rings. The second kappa shape index (κ2) is 7.62. The number of benzene rings is 2. The van der Waals surface area contributed by atoms with Gasteiger partial charge in [0, 0.05) is 12.6 Å². The number of hydrogen-bond acceptors (Lipinski definition) is 3. The van der Waals surface area contributed by atoms with Crippen molar-refractivity contribution < 1.29 is 10.2 Å². The summed E-state index contributed by atoms with van der Waals surface area (Å²) in [5, 5.41) is 20.5. The average molecular weight is 311 g/mol. The highest BCUT2D eigenvalue weighted by Gasteiger charge is 2.25. The van der Waals surface area contributed by atoms with Crippen molar-refractivity contribution in [2.75, 3.05) is 13.1 Å². The molecule has 3 nitrogen and oxygen atoms in total. The number of likely N-dealkylation sites (tertiary alicyclic amines) is 1. The molecule has 23 heavy (non-hydrogen) atoms. The normalized spacial score (nSPS) is 20.3. The fourth-order valence-electron chi connectivity index (χ4n) is 3.47. The maximum absolute atomic E-state index is 10.5. The summed E-state index contributed by atoms with van der Waals surface area (Å²) in [5.74, 6) is 0.377. The molecule has 0 radical (unpaired) electrons. The van der Waals surface area contributed by atoms with Gasteiger partial charge in [-0.1, -0.05) is 55.0 Å². The van der Waals surface area contributed by atoms with E-state index in [-0.39, 0.29) is 0 Å². The van der Waals surface area contributed by atoms with Gasteiger partial charge in [0.05, 0.1) is 6.10 Å². The van der Waals surface area contributed by atoms with Crippen molar-refractivity contribution in [3.63, 3.8) is 0 Å². The van der Waals surface area contributed by atoms with Crippen LogP contribution in [0.4, 0.5) is 0 Å². The zero-order valence-electron chi connectivity index (χ0n) is 13.4. The zero-order valence-corrected chi connectivity index (χ0v) is 13.4. The van der Waals surface area contributed by atoms with Crippen LogP contribution in [0.2, 0.25) is 0 Å². The fourth-order valence-corrected chi connectivity index (χ4v) is 3.47. The standard InChI is InChI=1S/C20H25NO2/c22-19-12-5-4-10-17(19)14-18-11-6-7-13-21(18)15-20(23)16-8-2-1-3-9-16/h1-5,8-10,12,18,20,22-23H,6-7,11,13-15H2. The molecule has 2 unspecified atom stereocenters. The predicted molar refractivity (Wildman–Crippen MR) is 92.4 cm³/mol. The van der Waals surface area contributed by atoms with Gasteiger partial charge in [-0.2, -0.15) is 0 Å². The molecule has 1 saturated heterocycles. The molecule has 122 valence electrons. The first-order valence-corrected chi connectivity index (χ1v) is 8.48. The van der Waals surface area contributed by atoms with E-state index in [1.54, 1.807) is 6.07 Å². The third-order valence-electron chi connectivity index (χ3n) is 4.79. The number of aromatic hydroxyl groups is 1. The largest absolute Gasteiger partial charge is 0.508 e. The van der Waals surface area contributed by atoms with Crippen LogP contribution in [0, 0.1) is 0 Å². The number of phenolic OH excluding ortho intramolecular Hbond substituents is 1. The van der Waals surface area contributed by atoms with E-state index in [0.29, 0.717) is 18.3 Å². The van der Waals surface area contributed by atoms with Gasteiger partial charge in [0.2, 0.25) is 0 Å². The molecule has 0 saturated carbocycles. The van der Waals surface area contributed by atoms with E-state index < -0.39 is 6.10 Å². The first-order chi connectivity index (χ1) is 11.2. The molecule has 0 amide bonds. The number of rotatable bonds is 5. The van der Waals surface area contributed by atoms with Crippen LogP contribution in [-0.4, -0.2) is 34.2 Å². The molecule has 3 heteroatoms. The molecule has 2 N–H and O–H groups in total. The van der Waals surface area contributed by atoms with Gasteiger partial charge in [0.15, 0.2) is 0 Å². The minimum Gasteiger partial charge on any atom is -0.508 e. The van der Waals surface area contributed by atoms with Crippen molar-refractivity contribution in [1.82, 2.24) is 4.90 Å². The Labute approximate surface area is 138 Å². The van der Waals surface area contributed by atoms with Gasteiger partial charge in [-0.25, -0.2) is 0 Å². The van der Waals surface area contributed by atoms with Gasteiger partial charge in [-0.15, -0.1) is 0 Å². The molecule has 0 aliphatic carbocycles. The van der Waals surface area contributed by atoms with E-state index in [2.05, 4.69) is 4.90 Å². The lowest BCUT2D eigenvalue weighted by atomic mass is 9.94. The number of para-hydroxylation sites is 1. The summed E-state index contributed by atoms with van der Waals surface area (Å²) < 4.78 is 0. The first-order valence-electron chi connectivity index (χ1n) is 8.48. The molecule has 3 rings (SSSR count). The van der Waals surface area contributed by atoms with Crippen LogP contribution >= 0.6 is 0 Å². The van der Waals surface area contributed by atoms with Crippen molar-refractivity contribution in [2.24, 2.45) is 0 Å². The summed E-state index contributed by atoms with van der Waals surface area (Å²) in [4.78, 5) is 2.38. The van der Waals surface area contributed by atoms with Crippen LogP contribution in [0.5, 0.6) is 5.75 Å². The Morgan fingerprint density at radius 2 is 1.74 bits per heavy atom. The average Bonchev–Trinajstić information content (AvgIpc) is 2.59. The maximum atomic E-state index is 10.5. The second-order valence-electron chi connectivity index (χ2n) is 6.40. The number of nitrogens with zero attached hydrogens (tertiary/aromatic N) is 1. The molecule has 2 atom stereocenters. The molecule has 0 bridgehead atoms. The minimum absolute atomic E-state index is 0.377. The summed E-state index contributed by atoms with van der Waals surface area (Å²) in [6.45, 7) is 1.67. The van der Waals surface area contributed by atoms with Crippen molar-refractivity contribution in [1.29, 1.82) is 0 Å². The Kier molecular flexibility index (Phi) is 5.31. The van der Waals surface area contributed by atoms with E-state index in [1.807, 2.05) is 48.5 Å². The van der Waals surface area contributed by atoms with Crippen molar-refractivity contribution in [2.45, 2.75) is 37.8 Å². The van der Waals surface area contributed by atoms with E-state index in [1.165, 1.54) is 12.8 Å². The second-order valence-corrected chi connectivity index (χ2v) is 6.40. The molecule has 0 aromatic heterocycles. The molecule has 1 fully saturated rings. The number of hydrogen-bond donors (Lipinski definition) is 2. The van der Waals surface area contributed by atoms with Gasteiger partial charge < -0.3 is 10.2 Å². The molecular formula is C20H25NO2. The molecule has 2 aromatic carbocycles. The minimum atomic E-state index is -0.457. The van der Waals surface area contributed by atoms with Gasteiger partial charge in [0.25, 0.3) is 0 Å². The molecule has 1 aliphatic rings. The number of aliphatic hydroxyl groups is 1. The Morgan fingerprint density at radius 3 is 2.52 bits per heavy atom. The third-order valence-corrected chi connectivity index (χ3v) is 4.79. The topological polar surface area (TPSA) is 43.7 Å². The van der Waals surface area contributed by atoms with Crippen LogP contribution in [-0.2, 0) is 6.42 Å². The molecular weight excluding hydrogens is 286 g/mol. The third kappa shape index (κ3) is 4.12. The summed E-state index contributed by atoms with van der Waals surface area (Å²) >= 11 is 0. The van der Waals surface area contributed by atoms with Crippen LogP contribution in [0.15, 0.2) is 54.6 Å². The Hall–Kier alpha value is -1.84. The number of β-amino-alcohol motifs (C(OH)–C–C–N with tert-alkyl or cyclic N) is 1. The summed E-state index contributed by atoms with van der Waals surface area (Å²) in [5.41, 5.74) is 1.97. The van der Waals surface area contributed by atoms with Gasteiger partial charge in [0.1, 0.15) is 5.75 Å². The molecule has 1 heterocycles. The van der Waals surface area contributed by atoms with Crippen molar-refractivity contribution in [3.05, 3.63) is 65.7 Å². The molecule has 1 aliphatic heterocycles. The monoisotopic (exact) mass is 311 g/mol. The smallest absolute Gasteiger partial charge is 0.118 e.